The topological polar surface area (TPSA) is 84.5 Å². The monoisotopic (exact) mass is 558 g/mol. The van der Waals surface area contributed by atoms with Crippen LogP contribution in [0.1, 0.15) is 0 Å². The van der Waals surface area contributed by atoms with Gasteiger partial charge in [-0.05, 0) is 66.7 Å². The van der Waals surface area contributed by atoms with Crippen molar-refractivity contribution in [3.05, 3.63) is 107 Å². The molecule has 0 bridgehead atoms. The average Bonchev–Trinajstić information content (AvgIpc) is 2.86. The summed E-state index contributed by atoms with van der Waals surface area (Å²) in [7, 11) is -3.88. The molecule has 10 heteroatoms. The van der Waals surface area contributed by atoms with E-state index in [1.54, 1.807) is 24.3 Å². The first-order chi connectivity index (χ1) is 17.3. The zero-order valence-electron chi connectivity index (χ0n) is 18.7. The first-order valence-corrected chi connectivity index (χ1v) is 13.7. The molecule has 4 rings (SSSR count). The van der Waals surface area contributed by atoms with E-state index >= 15 is 0 Å². The number of carbonyl (C=O) groups is 1. The zero-order valence-corrected chi connectivity index (χ0v) is 21.8. The van der Waals surface area contributed by atoms with Crippen LogP contribution < -0.4 is 14.8 Å². The van der Waals surface area contributed by atoms with Crippen molar-refractivity contribution in [2.75, 3.05) is 16.6 Å². The Kier molecular flexibility index (Phi) is 8.43. The Bertz CT molecular complexity index is 1470. The van der Waals surface area contributed by atoms with Crippen LogP contribution in [0.3, 0.4) is 0 Å². The molecule has 0 saturated heterocycles. The van der Waals surface area contributed by atoms with E-state index in [4.69, 9.17) is 27.9 Å². The van der Waals surface area contributed by atoms with Gasteiger partial charge in [-0.2, -0.15) is 0 Å². The molecule has 2 N–H and O–H groups in total. The molecule has 4 aromatic carbocycles. The van der Waals surface area contributed by atoms with E-state index in [9.17, 15) is 13.2 Å². The molecule has 0 aromatic heterocycles. The number of para-hydroxylation sites is 1. The summed E-state index contributed by atoms with van der Waals surface area (Å²) in [6.45, 7) is -0.306. The lowest BCUT2D eigenvalue weighted by Crippen LogP contribution is -2.20. The van der Waals surface area contributed by atoms with Crippen molar-refractivity contribution in [3.8, 4) is 5.75 Å². The summed E-state index contributed by atoms with van der Waals surface area (Å²) in [6, 6.07) is 27.6. The van der Waals surface area contributed by atoms with Crippen LogP contribution in [0.2, 0.25) is 10.0 Å². The van der Waals surface area contributed by atoms with E-state index in [1.165, 1.54) is 30.0 Å². The largest absolute Gasteiger partial charge is 0.482 e. The van der Waals surface area contributed by atoms with Gasteiger partial charge in [0, 0.05) is 20.5 Å². The highest BCUT2D eigenvalue weighted by Gasteiger charge is 2.17. The zero-order chi connectivity index (χ0) is 25.5. The molecular formula is C26H20Cl2N2O4S2. The molecule has 4 aromatic rings. The van der Waals surface area contributed by atoms with Gasteiger partial charge >= 0.3 is 0 Å². The first kappa shape index (κ1) is 25.9. The second-order valence-corrected chi connectivity index (χ2v) is 11.1. The van der Waals surface area contributed by atoms with Gasteiger partial charge in [-0.25, -0.2) is 8.42 Å². The van der Waals surface area contributed by atoms with Gasteiger partial charge in [0.15, 0.2) is 6.61 Å². The van der Waals surface area contributed by atoms with Gasteiger partial charge in [-0.3, -0.25) is 9.52 Å². The molecule has 1 amide bonds. The fourth-order valence-electron chi connectivity index (χ4n) is 3.10. The lowest BCUT2D eigenvalue weighted by Gasteiger charge is -2.13. The lowest BCUT2D eigenvalue weighted by molar-refractivity contribution is -0.118. The van der Waals surface area contributed by atoms with Gasteiger partial charge in [0.05, 0.1) is 15.6 Å². The quantitative estimate of drug-likeness (QED) is 0.232. The molecular weight excluding hydrogens is 539 g/mol. The van der Waals surface area contributed by atoms with Gasteiger partial charge < -0.3 is 10.1 Å². The molecule has 6 nitrogen and oxygen atoms in total. The van der Waals surface area contributed by atoms with Crippen LogP contribution in [-0.4, -0.2) is 20.9 Å². The van der Waals surface area contributed by atoms with Crippen LogP contribution in [0.4, 0.5) is 11.4 Å². The maximum absolute atomic E-state index is 12.7. The summed E-state index contributed by atoms with van der Waals surface area (Å²) in [6.07, 6.45) is 0. The number of carbonyl (C=O) groups excluding carboxylic acids is 1. The number of nitrogens with one attached hydrogen (secondary N) is 2. The number of halogens is 2. The van der Waals surface area contributed by atoms with Crippen LogP contribution >= 0.6 is 35.0 Å². The lowest BCUT2D eigenvalue weighted by atomic mass is 10.3. The summed E-state index contributed by atoms with van der Waals surface area (Å²) < 4.78 is 33.3. The highest BCUT2D eigenvalue weighted by molar-refractivity contribution is 7.99. The van der Waals surface area contributed by atoms with E-state index < -0.39 is 10.0 Å². The summed E-state index contributed by atoms with van der Waals surface area (Å²) >= 11 is 13.6. The van der Waals surface area contributed by atoms with Gasteiger partial charge in [-0.1, -0.05) is 65.3 Å². The molecule has 0 saturated carbocycles. The van der Waals surface area contributed by atoms with Crippen LogP contribution in [0.25, 0.3) is 0 Å². The van der Waals surface area contributed by atoms with Gasteiger partial charge in [0.25, 0.3) is 15.9 Å². The van der Waals surface area contributed by atoms with Crippen LogP contribution in [0, 0.1) is 0 Å². The molecule has 0 radical (unpaired) electrons. The van der Waals surface area contributed by atoms with Gasteiger partial charge in [0.2, 0.25) is 0 Å². The van der Waals surface area contributed by atoms with Crippen molar-refractivity contribution in [1.29, 1.82) is 0 Å². The summed E-state index contributed by atoms with van der Waals surface area (Å²) in [5.74, 6) is -0.197. The highest BCUT2D eigenvalue weighted by Crippen LogP contribution is 2.33. The van der Waals surface area contributed by atoms with Gasteiger partial charge in [-0.15, -0.1) is 0 Å². The van der Waals surface area contributed by atoms with Crippen molar-refractivity contribution in [3.63, 3.8) is 0 Å². The third-order valence-electron chi connectivity index (χ3n) is 4.80. The average molecular weight is 559 g/mol. The van der Waals surface area contributed by atoms with E-state index in [2.05, 4.69) is 10.0 Å². The summed E-state index contributed by atoms with van der Waals surface area (Å²) in [4.78, 5) is 14.4. The molecule has 0 aliphatic carbocycles. The van der Waals surface area contributed by atoms with Crippen LogP contribution in [-0.2, 0) is 14.8 Å². The van der Waals surface area contributed by atoms with Crippen molar-refractivity contribution in [2.45, 2.75) is 14.7 Å². The Morgan fingerprint density at radius 2 is 1.56 bits per heavy atom. The fraction of sp³-hybridized carbons (Fsp3) is 0.0385. The third-order valence-corrected chi connectivity index (χ3v) is 7.81. The van der Waals surface area contributed by atoms with E-state index in [-0.39, 0.29) is 28.2 Å². The Morgan fingerprint density at radius 3 is 2.28 bits per heavy atom. The smallest absolute Gasteiger partial charge is 0.262 e. The molecule has 36 heavy (non-hydrogen) atoms. The molecule has 0 heterocycles. The predicted octanol–water partition coefficient (Wildman–Crippen LogP) is 6.96. The SMILES string of the molecule is O=C(COc1ccc(S(=O)(=O)Nc2ccc(Cl)cc2)cc1Cl)Nc1ccccc1Sc1ccccc1. The maximum Gasteiger partial charge on any atom is 0.262 e. The Labute approximate surface area is 223 Å². The van der Waals surface area contributed by atoms with Crippen molar-refractivity contribution in [1.82, 2.24) is 0 Å². The number of hydrogen-bond acceptors (Lipinski definition) is 5. The first-order valence-electron chi connectivity index (χ1n) is 10.6. The van der Waals surface area contributed by atoms with E-state index in [0.717, 1.165) is 9.79 Å². The molecule has 0 aliphatic rings. The predicted molar refractivity (Wildman–Crippen MR) is 145 cm³/mol. The number of sulfonamides is 1. The van der Waals surface area contributed by atoms with E-state index in [1.807, 2.05) is 54.6 Å². The summed E-state index contributed by atoms with van der Waals surface area (Å²) in [5, 5.41) is 3.39. The summed E-state index contributed by atoms with van der Waals surface area (Å²) in [5.41, 5.74) is 1.01. The van der Waals surface area contributed by atoms with Crippen LogP contribution in [0.5, 0.6) is 5.75 Å². The molecule has 0 atom stereocenters. The van der Waals surface area contributed by atoms with Gasteiger partial charge in [0.1, 0.15) is 5.75 Å². The number of amides is 1. The Hall–Kier alpha value is -3.17. The normalized spacial score (nSPS) is 11.1. The van der Waals surface area contributed by atoms with Crippen molar-refractivity contribution >= 4 is 62.3 Å². The van der Waals surface area contributed by atoms with Crippen molar-refractivity contribution < 1.29 is 17.9 Å². The molecule has 184 valence electrons. The maximum atomic E-state index is 12.7. The number of anilines is 2. The van der Waals surface area contributed by atoms with E-state index in [0.29, 0.717) is 16.4 Å². The minimum atomic E-state index is -3.88. The number of hydrogen-bond donors (Lipinski definition) is 2. The molecule has 0 aliphatic heterocycles. The third kappa shape index (κ3) is 6.95. The standard InChI is InChI=1S/C26H20Cl2N2O4S2/c27-18-10-12-19(13-11-18)30-36(32,33)21-14-15-24(22(28)16-21)34-17-26(31)29-23-8-4-5-9-25(23)35-20-6-2-1-3-7-20/h1-16,30H,17H2,(H,29,31). The van der Waals surface area contributed by atoms with Crippen LogP contribution in [0.15, 0.2) is 112 Å². The second kappa shape index (κ2) is 11.7. The fourth-order valence-corrected chi connectivity index (χ4v) is 5.53. The number of benzene rings is 4. The Morgan fingerprint density at radius 1 is 0.861 bits per heavy atom. The molecule has 0 spiro atoms. The Balaban J connectivity index is 1.38. The highest BCUT2D eigenvalue weighted by atomic mass is 35.5. The number of ether oxygens (including phenoxy) is 1. The minimum absolute atomic E-state index is 0.0499. The number of rotatable bonds is 9. The molecule has 0 unspecified atom stereocenters. The molecule has 0 fully saturated rings. The minimum Gasteiger partial charge on any atom is -0.482 e. The van der Waals surface area contributed by atoms with Crippen molar-refractivity contribution in [2.24, 2.45) is 0 Å². The second-order valence-electron chi connectivity index (χ2n) is 7.45.